The Bertz CT molecular complexity index is 604. The first-order chi connectivity index (χ1) is 9.40. The summed E-state index contributed by atoms with van der Waals surface area (Å²) >= 11 is 0. The van der Waals surface area contributed by atoms with Crippen LogP contribution in [0.4, 0.5) is 12.9 Å². The van der Waals surface area contributed by atoms with Gasteiger partial charge in [0, 0.05) is 13.2 Å². The van der Waals surface area contributed by atoms with Gasteiger partial charge >= 0.3 is 58.4 Å². The SMILES string of the molecule is CCc1cc(COc2cncc([B-](F)(F)F)c2)n(C)n1.[K+]. The van der Waals surface area contributed by atoms with Gasteiger partial charge in [-0.2, -0.15) is 5.10 Å². The van der Waals surface area contributed by atoms with E-state index in [1.807, 2.05) is 13.0 Å². The van der Waals surface area contributed by atoms with E-state index in [-0.39, 0.29) is 63.7 Å². The normalized spacial score (nSPS) is 11.1. The molecule has 2 heterocycles. The zero-order valence-electron chi connectivity index (χ0n) is 12.2. The molecule has 0 aromatic carbocycles. The average molecular weight is 323 g/mol. The van der Waals surface area contributed by atoms with Crippen molar-refractivity contribution in [2.75, 3.05) is 0 Å². The molecule has 0 aliphatic rings. The van der Waals surface area contributed by atoms with Gasteiger partial charge in [0.25, 0.3) is 0 Å². The van der Waals surface area contributed by atoms with E-state index in [2.05, 4.69) is 10.1 Å². The first-order valence-electron chi connectivity index (χ1n) is 6.19. The van der Waals surface area contributed by atoms with E-state index in [1.54, 1.807) is 11.7 Å². The van der Waals surface area contributed by atoms with Crippen LogP contribution in [0.2, 0.25) is 0 Å². The fourth-order valence-electron chi connectivity index (χ4n) is 1.73. The Morgan fingerprint density at radius 2 is 1.95 bits per heavy atom. The van der Waals surface area contributed by atoms with Gasteiger partial charge in [-0.25, -0.2) is 0 Å². The Kier molecular flexibility index (Phi) is 6.92. The first-order valence-corrected chi connectivity index (χ1v) is 6.19. The first kappa shape index (κ1) is 18.7. The molecule has 0 saturated heterocycles. The molecule has 4 nitrogen and oxygen atoms in total. The second kappa shape index (κ2) is 7.78. The van der Waals surface area contributed by atoms with Crippen LogP contribution in [-0.4, -0.2) is 21.7 Å². The molecule has 0 amide bonds. The fraction of sp³-hybridized carbons (Fsp3) is 0.333. The van der Waals surface area contributed by atoms with E-state index in [4.69, 9.17) is 4.74 Å². The second-order valence-corrected chi connectivity index (χ2v) is 4.42. The molecule has 0 spiro atoms. The van der Waals surface area contributed by atoms with Gasteiger partial charge in [-0.3, -0.25) is 9.67 Å². The molecule has 9 heteroatoms. The quantitative estimate of drug-likeness (QED) is 0.664. The van der Waals surface area contributed by atoms with Crippen molar-refractivity contribution >= 4 is 12.4 Å². The minimum Gasteiger partial charge on any atom is -0.486 e. The van der Waals surface area contributed by atoms with Gasteiger partial charge < -0.3 is 17.7 Å². The van der Waals surface area contributed by atoms with Crippen LogP contribution in [0.1, 0.15) is 18.3 Å². The number of aromatic nitrogens is 3. The molecule has 108 valence electrons. The number of halogens is 3. The number of pyridine rings is 1. The summed E-state index contributed by atoms with van der Waals surface area (Å²) in [5.41, 5.74) is 0.947. The third kappa shape index (κ3) is 5.10. The molecule has 0 N–H and O–H groups in total. The van der Waals surface area contributed by atoms with Crippen LogP contribution in [-0.2, 0) is 20.1 Å². The number of ether oxygens (including phenoxy) is 1. The van der Waals surface area contributed by atoms with Gasteiger partial charge in [0.1, 0.15) is 12.4 Å². The Morgan fingerprint density at radius 1 is 1.24 bits per heavy atom. The molecule has 21 heavy (non-hydrogen) atoms. The molecule has 0 atom stereocenters. The zero-order valence-corrected chi connectivity index (χ0v) is 15.3. The van der Waals surface area contributed by atoms with Gasteiger partial charge in [0.15, 0.2) is 0 Å². The van der Waals surface area contributed by atoms with Crippen molar-refractivity contribution < 1.29 is 69.1 Å². The molecule has 0 saturated carbocycles. The van der Waals surface area contributed by atoms with E-state index in [0.29, 0.717) is 0 Å². The van der Waals surface area contributed by atoms with Crippen LogP contribution in [0, 0.1) is 0 Å². The Labute approximate surface area is 163 Å². The zero-order chi connectivity index (χ0) is 14.8. The summed E-state index contributed by atoms with van der Waals surface area (Å²) in [5, 5.41) is 4.24. The summed E-state index contributed by atoms with van der Waals surface area (Å²) in [6.45, 7) is -2.93. The third-order valence-corrected chi connectivity index (χ3v) is 2.89. The Morgan fingerprint density at radius 3 is 2.52 bits per heavy atom. The molecule has 0 aliphatic carbocycles. The molecular weight excluding hydrogens is 309 g/mol. The van der Waals surface area contributed by atoms with Crippen molar-refractivity contribution in [2.45, 2.75) is 20.0 Å². The summed E-state index contributed by atoms with van der Waals surface area (Å²) in [6.07, 6.45) is 2.86. The van der Waals surface area contributed by atoms with Gasteiger partial charge in [-0.05, 0) is 18.6 Å². The molecule has 0 aliphatic heterocycles. The second-order valence-electron chi connectivity index (χ2n) is 4.42. The summed E-state index contributed by atoms with van der Waals surface area (Å²) < 4.78 is 44.8. The smallest absolute Gasteiger partial charge is 0.486 e. The van der Waals surface area contributed by atoms with E-state index in [0.717, 1.165) is 30.1 Å². The predicted molar refractivity (Wildman–Crippen MR) is 69.9 cm³/mol. The van der Waals surface area contributed by atoms with Crippen molar-refractivity contribution in [3.05, 3.63) is 35.9 Å². The van der Waals surface area contributed by atoms with Crippen LogP contribution < -0.4 is 61.6 Å². The Balaban J connectivity index is 0.00000220. The van der Waals surface area contributed by atoms with E-state index in [9.17, 15) is 12.9 Å². The molecule has 2 rings (SSSR count). The number of rotatable bonds is 5. The number of hydrogen-bond donors (Lipinski definition) is 0. The van der Waals surface area contributed by atoms with Crippen molar-refractivity contribution in [1.29, 1.82) is 0 Å². The predicted octanol–water partition coefficient (Wildman–Crippen LogP) is -0.985. The molecule has 0 unspecified atom stereocenters. The maximum Gasteiger partial charge on any atom is 1.00 e. The van der Waals surface area contributed by atoms with E-state index >= 15 is 0 Å². The molecule has 2 aromatic heterocycles. The van der Waals surface area contributed by atoms with Gasteiger partial charge in [0.05, 0.1) is 17.6 Å². The number of hydrogen-bond acceptors (Lipinski definition) is 3. The van der Waals surface area contributed by atoms with Crippen LogP contribution in [0.25, 0.3) is 0 Å². The third-order valence-electron chi connectivity index (χ3n) is 2.89. The van der Waals surface area contributed by atoms with Crippen LogP contribution in [0.3, 0.4) is 0 Å². The topological polar surface area (TPSA) is 39.9 Å². The fourth-order valence-corrected chi connectivity index (χ4v) is 1.73. The number of nitrogens with zero attached hydrogens (tertiary/aromatic N) is 3. The van der Waals surface area contributed by atoms with Gasteiger partial charge in [-0.1, -0.05) is 12.4 Å². The van der Waals surface area contributed by atoms with E-state index in [1.165, 1.54) is 6.20 Å². The van der Waals surface area contributed by atoms with Crippen LogP contribution in [0.15, 0.2) is 24.5 Å². The minimum atomic E-state index is -5.06. The summed E-state index contributed by atoms with van der Waals surface area (Å²) in [4.78, 5) is 3.56. The monoisotopic (exact) mass is 323 g/mol. The maximum atomic E-state index is 12.6. The van der Waals surface area contributed by atoms with Crippen LogP contribution in [0.5, 0.6) is 5.75 Å². The number of aryl methyl sites for hydroxylation is 2. The van der Waals surface area contributed by atoms with Gasteiger partial charge in [0.2, 0.25) is 0 Å². The van der Waals surface area contributed by atoms with Crippen molar-refractivity contribution in [3.8, 4) is 5.75 Å². The molecule has 0 radical (unpaired) electrons. The largest absolute Gasteiger partial charge is 1.00 e. The average Bonchev–Trinajstić information content (AvgIpc) is 2.76. The van der Waals surface area contributed by atoms with Gasteiger partial charge in [-0.15, -0.1) is 0 Å². The van der Waals surface area contributed by atoms with E-state index < -0.39 is 12.4 Å². The maximum absolute atomic E-state index is 12.6. The summed E-state index contributed by atoms with van der Waals surface area (Å²) in [7, 11) is 1.77. The summed E-state index contributed by atoms with van der Waals surface area (Å²) in [5.74, 6) is 0.0981. The van der Waals surface area contributed by atoms with Crippen molar-refractivity contribution in [1.82, 2.24) is 14.8 Å². The van der Waals surface area contributed by atoms with Crippen molar-refractivity contribution in [3.63, 3.8) is 0 Å². The molecule has 0 bridgehead atoms. The minimum absolute atomic E-state index is 0. The Hall–Kier alpha value is -0.349. The molecule has 2 aromatic rings. The molecule has 0 fully saturated rings. The molecular formula is C12H14BF3KN3O. The van der Waals surface area contributed by atoms with Crippen LogP contribution >= 0.6 is 0 Å². The standard InChI is InChI=1S/C12H14BF3N3O.K/c1-3-10-5-11(19(2)18-10)8-20-12-4-9(6-17-7-12)13(14,15)16;/h4-7H,3,8H2,1-2H3;/q-1;+1. The van der Waals surface area contributed by atoms with Crippen molar-refractivity contribution in [2.24, 2.45) is 7.05 Å². The summed E-state index contributed by atoms with van der Waals surface area (Å²) in [6, 6.07) is 2.83.